The van der Waals surface area contributed by atoms with Crippen molar-refractivity contribution in [2.24, 2.45) is 5.73 Å². The lowest BCUT2D eigenvalue weighted by molar-refractivity contribution is -0.123. The number of ether oxygens (including phenoxy) is 1. The number of carbonyl (C=O) groups excluding carboxylic acids is 3. The number of anilines is 1. The highest BCUT2D eigenvalue weighted by Gasteiger charge is 2.24. The molecule has 3 rings (SSSR count). The monoisotopic (exact) mass is 400 g/mol. The number of hydrogen-bond donors (Lipinski definition) is 4. The Morgan fingerprint density at radius 1 is 1.11 bits per heavy atom. The molecule has 144 valence electrons. The van der Waals surface area contributed by atoms with E-state index in [1.54, 1.807) is 29.6 Å². The zero-order chi connectivity index (χ0) is 20.4. The fraction of sp³-hybridized carbons (Fsp3) is 0.105. The van der Waals surface area contributed by atoms with Gasteiger partial charge in [0, 0.05) is 10.8 Å². The Morgan fingerprint density at radius 2 is 1.79 bits per heavy atom. The molecule has 3 aromatic rings. The zero-order valence-corrected chi connectivity index (χ0v) is 15.4. The summed E-state index contributed by atoms with van der Waals surface area (Å²) in [4.78, 5) is 36.0. The summed E-state index contributed by atoms with van der Waals surface area (Å²) in [6, 6.07) is 9.00. The van der Waals surface area contributed by atoms with E-state index in [4.69, 9.17) is 10.5 Å². The van der Waals surface area contributed by atoms with E-state index < -0.39 is 23.9 Å². The van der Waals surface area contributed by atoms with Gasteiger partial charge < -0.3 is 26.0 Å². The van der Waals surface area contributed by atoms with Crippen LogP contribution in [0.4, 0.5) is 5.00 Å². The molecular weight excluding hydrogens is 384 g/mol. The van der Waals surface area contributed by atoms with Crippen LogP contribution in [0, 0.1) is 0 Å². The molecule has 0 fully saturated rings. The second kappa shape index (κ2) is 7.57. The van der Waals surface area contributed by atoms with E-state index in [0.29, 0.717) is 5.39 Å². The second-order valence-electron chi connectivity index (χ2n) is 5.90. The average molecular weight is 400 g/mol. The van der Waals surface area contributed by atoms with E-state index in [1.165, 1.54) is 13.0 Å². The number of amides is 2. The minimum Gasteiger partial charge on any atom is -0.507 e. The first-order valence-corrected chi connectivity index (χ1v) is 9.00. The van der Waals surface area contributed by atoms with Crippen molar-refractivity contribution in [3.63, 3.8) is 0 Å². The van der Waals surface area contributed by atoms with E-state index in [0.717, 1.165) is 17.4 Å². The van der Waals surface area contributed by atoms with Crippen molar-refractivity contribution in [1.29, 1.82) is 0 Å². The number of thiophene rings is 1. The van der Waals surface area contributed by atoms with Crippen LogP contribution in [0.3, 0.4) is 0 Å². The maximum absolute atomic E-state index is 12.4. The number of hydrogen-bond acceptors (Lipinski definition) is 7. The van der Waals surface area contributed by atoms with Gasteiger partial charge in [-0.15, -0.1) is 11.3 Å². The van der Waals surface area contributed by atoms with Gasteiger partial charge in [-0.3, -0.25) is 9.59 Å². The molecule has 0 saturated heterocycles. The predicted octanol–water partition coefficient (Wildman–Crippen LogP) is 2.60. The van der Waals surface area contributed by atoms with Crippen molar-refractivity contribution < 1.29 is 29.3 Å². The molecule has 2 amide bonds. The lowest BCUT2D eigenvalue weighted by Gasteiger charge is -2.15. The summed E-state index contributed by atoms with van der Waals surface area (Å²) in [7, 11) is 0. The fourth-order valence-electron chi connectivity index (χ4n) is 2.59. The van der Waals surface area contributed by atoms with Crippen LogP contribution in [0.1, 0.15) is 27.6 Å². The Balaban J connectivity index is 1.78. The third-order valence-electron chi connectivity index (χ3n) is 4.03. The van der Waals surface area contributed by atoms with Crippen LogP contribution >= 0.6 is 11.3 Å². The normalized spacial score (nSPS) is 11.8. The van der Waals surface area contributed by atoms with Gasteiger partial charge in [0.2, 0.25) is 0 Å². The average Bonchev–Trinajstić information content (AvgIpc) is 3.13. The number of nitrogens with one attached hydrogen (secondary N) is 1. The molecule has 8 nitrogen and oxygen atoms in total. The number of nitrogens with two attached hydrogens (primary N) is 1. The van der Waals surface area contributed by atoms with Crippen molar-refractivity contribution in [2.75, 3.05) is 5.32 Å². The minimum absolute atomic E-state index is 0.147. The Bertz CT molecular complexity index is 1090. The molecule has 5 N–H and O–H groups in total. The molecule has 2 aromatic carbocycles. The number of aromatic hydroxyl groups is 2. The molecule has 1 aromatic heterocycles. The van der Waals surface area contributed by atoms with Gasteiger partial charge in [0.15, 0.2) is 6.10 Å². The van der Waals surface area contributed by atoms with E-state index in [-0.39, 0.29) is 33.0 Å². The molecular formula is C19H16N2O6S. The number of esters is 1. The maximum atomic E-state index is 12.4. The summed E-state index contributed by atoms with van der Waals surface area (Å²) >= 11 is 1.10. The van der Waals surface area contributed by atoms with Crippen molar-refractivity contribution in [3.8, 4) is 11.5 Å². The van der Waals surface area contributed by atoms with Gasteiger partial charge in [-0.2, -0.15) is 0 Å². The summed E-state index contributed by atoms with van der Waals surface area (Å²) in [5.74, 6) is -2.93. The molecule has 0 bridgehead atoms. The van der Waals surface area contributed by atoms with E-state index in [1.807, 2.05) is 0 Å². The molecule has 0 aliphatic carbocycles. The first-order chi connectivity index (χ1) is 13.3. The van der Waals surface area contributed by atoms with Crippen LogP contribution in [-0.4, -0.2) is 34.1 Å². The molecule has 0 aliphatic rings. The lowest BCUT2D eigenvalue weighted by Crippen LogP contribution is -2.30. The lowest BCUT2D eigenvalue weighted by atomic mass is 10.0. The first kappa shape index (κ1) is 19.2. The van der Waals surface area contributed by atoms with Crippen LogP contribution in [0.5, 0.6) is 11.5 Å². The smallest absolute Gasteiger partial charge is 0.342 e. The summed E-state index contributed by atoms with van der Waals surface area (Å²) in [6.07, 6.45) is -1.23. The minimum atomic E-state index is -1.23. The number of fused-ring (bicyclic) bond motifs is 1. The number of rotatable bonds is 5. The molecule has 0 aliphatic heterocycles. The van der Waals surface area contributed by atoms with Gasteiger partial charge in [-0.05, 0) is 24.4 Å². The molecule has 0 saturated carbocycles. The Labute approximate surface area is 163 Å². The molecule has 0 unspecified atom stereocenters. The van der Waals surface area contributed by atoms with Gasteiger partial charge in [-0.1, -0.05) is 24.3 Å². The van der Waals surface area contributed by atoms with E-state index >= 15 is 0 Å². The first-order valence-electron chi connectivity index (χ1n) is 8.12. The standard InChI is InChI=1S/C19H16N2O6S/c1-9(17(25)21-18-12(16(20)24)6-7-28-18)27-19(26)13-8-14(22)10-4-2-3-5-11(10)15(13)23/h2-9,22-23H,1H3,(H2,20,24)(H,21,25)/t9-/m1/s1. The number of primary amides is 1. The largest absolute Gasteiger partial charge is 0.507 e. The predicted molar refractivity (Wildman–Crippen MR) is 104 cm³/mol. The SMILES string of the molecule is C[C@@H](OC(=O)c1cc(O)c2ccccc2c1O)C(=O)Nc1sccc1C(N)=O. The highest BCUT2D eigenvalue weighted by atomic mass is 32.1. The Kier molecular flexibility index (Phi) is 5.18. The number of benzene rings is 2. The molecule has 28 heavy (non-hydrogen) atoms. The van der Waals surface area contributed by atoms with Crippen LogP contribution in [0.2, 0.25) is 0 Å². The summed E-state index contributed by atoms with van der Waals surface area (Å²) < 4.78 is 5.10. The number of phenols is 2. The van der Waals surface area contributed by atoms with Crippen LogP contribution in [-0.2, 0) is 9.53 Å². The summed E-state index contributed by atoms with van der Waals surface area (Å²) in [5, 5.41) is 25.4. The number of phenolic OH excluding ortho intramolecular Hbond substituents is 2. The van der Waals surface area contributed by atoms with Gasteiger partial charge in [0.25, 0.3) is 11.8 Å². The van der Waals surface area contributed by atoms with Crippen molar-refractivity contribution in [2.45, 2.75) is 13.0 Å². The topological polar surface area (TPSA) is 139 Å². The van der Waals surface area contributed by atoms with Gasteiger partial charge in [0.1, 0.15) is 22.1 Å². The van der Waals surface area contributed by atoms with E-state index in [9.17, 15) is 24.6 Å². The van der Waals surface area contributed by atoms with Crippen LogP contribution < -0.4 is 11.1 Å². The third kappa shape index (κ3) is 3.60. The Morgan fingerprint density at radius 3 is 2.46 bits per heavy atom. The number of carbonyl (C=O) groups is 3. The molecule has 0 spiro atoms. The molecule has 0 radical (unpaired) electrons. The van der Waals surface area contributed by atoms with Crippen LogP contribution in [0.15, 0.2) is 41.8 Å². The van der Waals surface area contributed by atoms with Gasteiger partial charge >= 0.3 is 5.97 Å². The molecule has 1 atom stereocenters. The fourth-order valence-corrected chi connectivity index (χ4v) is 3.38. The maximum Gasteiger partial charge on any atom is 0.342 e. The highest BCUT2D eigenvalue weighted by Crippen LogP contribution is 2.35. The van der Waals surface area contributed by atoms with E-state index in [2.05, 4.69) is 5.32 Å². The Hall–Kier alpha value is -3.59. The quantitative estimate of drug-likeness (QED) is 0.383. The zero-order valence-electron chi connectivity index (χ0n) is 14.6. The van der Waals surface area contributed by atoms with Crippen molar-refractivity contribution >= 4 is 44.9 Å². The third-order valence-corrected chi connectivity index (χ3v) is 4.86. The molecule has 9 heteroatoms. The van der Waals surface area contributed by atoms with Crippen LogP contribution in [0.25, 0.3) is 10.8 Å². The highest BCUT2D eigenvalue weighted by molar-refractivity contribution is 7.14. The van der Waals surface area contributed by atoms with Crippen molar-refractivity contribution in [3.05, 3.63) is 52.9 Å². The van der Waals surface area contributed by atoms with Gasteiger partial charge in [0.05, 0.1) is 5.56 Å². The second-order valence-corrected chi connectivity index (χ2v) is 6.82. The molecule has 1 heterocycles. The van der Waals surface area contributed by atoms with Crippen molar-refractivity contribution in [1.82, 2.24) is 0 Å². The summed E-state index contributed by atoms with van der Waals surface area (Å²) in [5.41, 5.74) is 5.10. The van der Waals surface area contributed by atoms with Gasteiger partial charge in [-0.25, -0.2) is 4.79 Å². The summed E-state index contributed by atoms with van der Waals surface area (Å²) in [6.45, 7) is 1.34.